The third kappa shape index (κ3) is 3.36. The van der Waals surface area contributed by atoms with Gasteiger partial charge in [0.15, 0.2) is 0 Å². The zero-order valence-corrected chi connectivity index (χ0v) is 18.2. The van der Waals surface area contributed by atoms with Gasteiger partial charge in [0, 0.05) is 29.6 Å². The van der Waals surface area contributed by atoms with E-state index in [4.69, 9.17) is 5.73 Å². The van der Waals surface area contributed by atoms with Crippen LogP contribution in [-0.4, -0.2) is 31.5 Å². The van der Waals surface area contributed by atoms with Crippen LogP contribution in [0.15, 0.2) is 73.1 Å². The Kier molecular flexibility index (Phi) is 4.95. The number of fused-ring (bicyclic) bond motifs is 2. The fourth-order valence-corrected chi connectivity index (χ4v) is 4.47. The second-order valence-corrected chi connectivity index (χ2v) is 8.23. The number of nitrogens with two attached hydrogens (primary N) is 1. The molecule has 178 valence electrons. The van der Waals surface area contributed by atoms with E-state index in [0.717, 1.165) is 6.20 Å². The Hall–Kier alpha value is -4.18. The normalized spacial score (nSPS) is 13.9. The minimum atomic E-state index is -5.11. The van der Waals surface area contributed by atoms with E-state index in [-0.39, 0.29) is 16.5 Å². The summed E-state index contributed by atoms with van der Waals surface area (Å²) in [6.07, 6.45) is -2.59. The number of amides is 1. The van der Waals surface area contributed by atoms with Gasteiger partial charge in [-0.2, -0.15) is 18.3 Å². The lowest BCUT2D eigenvalue weighted by Crippen LogP contribution is -2.43. The zero-order valence-electron chi connectivity index (χ0n) is 18.2. The number of hydrogen-bond acceptors (Lipinski definition) is 3. The number of rotatable bonds is 4. The Morgan fingerprint density at radius 1 is 1.06 bits per heavy atom. The van der Waals surface area contributed by atoms with Crippen LogP contribution in [0.5, 0.6) is 0 Å². The predicted molar refractivity (Wildman–Crippen MR) is 122 cm³/mol. The quantitative estimate of drug-likeness (QED) is 0.369. The molecule has 0 saturated heterocycles. The van der Waals surface area contributed by atoms with Crippen LogP contribution in [0.1, 0.15) is 21.5 Å². The lowest BCUT2D eigenvalue weighted by molar-refractivity contribution is -0.247. The van der Waals surface area contributed by atoms with Crippen molar-refractivity contribution in [1.29, 1.82) is 0 Å². The van der Waals surface area contributed by atoms with E-state index in [2.05, 4.69) is 5.10 Å². The number of halogens is 4. The van der Waals surface area contributed by atoms with Crippen molar-refractivity contribution in [3.63, 3.8) is 0 Å². The third-order valence-electron chi connectivity index (χ3n) is 6.12. The molecule has 0 bridgehead atoms. The molecule has 5 rings (SSSR count). The molecule has 0 fully saturated rings. The van der Waals surface area contributed by atoms with Crippen LogP contribution in [0.25, 0.3) is 27.5 Å². The second kappa shape index (κ2) is 7.67. The molecule has 1 atom stereocenters. The smallest absolute Gasteiger partial charge is 0.372 e. The highest BCUT2D eigenvalue weighted by molar-refractivity contribution is 6.06. The molecule has 5 aromatic rings. The number of carbonyl (C=O) groups is 1. The lowest BCUT2D eigenvalue weighted by atomic mass is 9.84. The summed E-state index contributed by atoms with van der Waals surface area (Å²) in [6.45, 7) is 0. The topological polar surface area (TPSA) is 86.1 Å². The zero-order chi connectivity index (χ0) is 25.1. The van der Waals surface area contributed by atoms with Crippen LogP contribution in [0.4, 0.5) is 17.6 Å². The number of primary amides is 1. The molecule has 1 amide bonds. The van der Waals surface area contributed by atoms with Crippen LogP contribution in [0.3, 0.4) is 0 Å². The Labute approximate surface area is 195 Å². The van der Waals surface area contributed by atoms with Crippen molar-refractivity contribution >= 4 is 27.7 Å². The van der Waals surface area contributed by atoms with Gasteiger partial charge in [-0.3, -0.25) is 4.79 Å². The molecule has 0 radical (unpaired) electrons. The Morgan fingerprint density at radius 3 is 2.43 bits per heavy atom. The van der Waals surface area contributed by atoms with Gasteiger partial charge in [0.2, 0.25) is 5.60 Å². The maximum Gasteiger partial charge on any atom is 0.425 e. The van der Waals surface area contributed by atoms with Crippen molar-refractivity contribution < 1.29 is 27.5 Å². The molecular formula is C25H18F4N4O2. The van der Waals surface area contributed by atoms with Crippen molar-refractivity contribution in [2.45, 2.75) is 11.8 Å². The monoisotopic (exact) mass is 482 g/mol. The molecule has 0 aliphatic heterocycles. The average molecular weight is 482 g/mol. The van der Waals surface area contributed by atoms with Crippen LogP contribution in [0, 0.1) is 5.82 Å². The summed E-state index contributed by atoms with van der Waals surface area (Å²) in [6, 6.07) is 13.5. The number of aromatic nitrogens is 3. The molecule has 2 heterocycles. The number of carbonyl (C=O) groups excluding carboxylic acids is 1. The van der Waals surface area contributed by atoms with E-state index in [0.29, 0.717) is 16.6 Å². The molecule has 3 N–H and O–H groups in total. The standard InChI is InChI=1S/C25H18F4N4O2/c1-32-13-20(18-3-2-4-19(22(18)32)23(30)34)24(35,25(27,28)29)15-5-10-21-14(11-15)12-31-33(21)17-8-6-16(26)7-9-17/h2-13,35H,1H3,(H2,30,34). The number of nitrogens with zero attached hydrogens (tertiary/aromatic N) is 3. The van der Waals surface area contributed by atoms with E-state index >= 15 is 0 Å². The summed E-state index contributed by atoms with van der Waals surface area (Å²) in [4.78, 5) is 11.9. The fourth-order valence-electron chi connectivity index (χ4n) is 4.47. The fraction of sp³-hybridized carbons (Fsp3) is 0.120. The van der Waals surface area contributed by atoms with Crippen molar-refractivity contribution in [2.24, 2.45) is 12.8 Å². The molecule has 35 heavy (non-hydrogen) atoms. The van der Waals surface area contributed by atoms with Crippen LogP contribution < -0.4 is 5.73 Å². The maximum absolute atomic E-state index is 14.6. The van der Waals surface area contributed by atoms with Gasteiger partial charge in [-0.05, 0) is 48.0 Å². The predicted octanol–water partition coefficient (Wildman–Crippen LogP) is 4.55. The minimum Gasteiger partial charge on any atom is -0.372 e. The van der Waals surface area contributed by atoms with Gasteiger partial charge in [-0.25, -0.2) is 9.07 Å². The van der Waals surface area contributed by atoms with E-state index in [1.165, 1.54) is 83.2 Å². The molecule has 0 spiro atoms. The summed E-state index contributed by atoms with van der Waals surface area (Å²) in [5, 5.41) is 15.9. The SMILES string of the molecule is Cn1cc(C(O)(c2ccc3c(cnn3-c3ccc(F)cc3)c2)C(F)(F)F)c2cccc(C(N)=O)c21. The lowest BCUT2D eigenvalue weighted by Gasteiger charge is -2.31. The molecule has 3 aromatic carbocycles. The Bertz CT molecular complexity index is 1600. The highest BCUT2D eigenvalue weighted by Gasteiger charge is 2.57. The van der Waals surface area contributed by atoms with Crippen molar-refractivity contribution in [2.75, 3.05) is 0 Å². The molecular weight excluding hydrogens is 464 g/mol. The number of aryl methyl sites for hydroxylation is 1. The van der Waals surface area contributed by atoms with E-state index in [1.54, 1.807) is 0 Å². The van der Waals surface area contributed by atoms with Crippen molar-refractivity contribution in [1.82, 2.24) is 14.3 Å². The maximum atomic E-state index is 14.6. The summed E-state index contributed by atoms with van der Waals surface area (Å²) in [5.74, 6) is -1.23. The number of aliphatic hydroxyl groups is 1. The summed E-state index contributed by atoms with van der Waals surface area (Å²) >= 11 is 0. The summed E-state index contributed by atoms with van der Waals surface area (Å²) in [5.41, 5.74) is 2.38. The molecule has 6 nitrogen and oxygen atoms in total. The molecule has 1 unspecified atom stereocenters. The van der Waals surface area contributed by atoms with Gasteiger partial charge < -0.3 is 15.4 Å². The van der Waals surface area contributed by atoms with Gasteiger partial charge in [0.1, 0.15) is 5.82 Å². The largest absolute Gasteiger partial charge is 0.425 e. The minimum absolute atomic E-state index is 0.0387. The van der Waals surface area contributed by atoms with Gasteiger partial charge >= 0.3 is 6.18 Å². The molecule has 10 heteroatoms. The second-order valence-electron chi connectivity index (χ2n) is 8.23. The van der Waals surface area contributed by atoms with Crippen LogP contribution in [0.2, 0.25) is 0 Å². The highest BCUT2D eigenvalue weighted by atomic mass is 19.4. The van der Waals surface area contributed by atoms with E-state index in [1.807, 2.05) is 0 Å². The molecule has 0 saturated carbocycles. The van der Waals surface area contributed by atoms with Crippen molar-refractivity contribution in [3.05, 3.63) is 95.6 Å². The first-order valence-electron chi connectivity index (χ1n) is 10.4. The highest BCUT2D eigenvalue weighted by Crippen LogP contribution is 2.47. The van der Waals surface area contributed by atoms with Crippen molar-refractivity contribution in [3.8, 4) is 5.69 Å². The number of hydrogen-bond donors (Lipinski definition) is 2. The van der Waals surface area contributed by atoms with Crippen LogP contribution >= 0.6 is 0 Å². The summed E-state index contributed by atoms with van der Waals surface area (Å²) < 4.78 is 59.8. The summed E-state index contributed by atoms with van der Waals surface area (Å²) in [7, 11) is 1.48. The number of benzene rings is 3. The molecule has 0 aliphatic carbocycles. The molecule has 0 aliphatic rings. The van der Waals surface area contributed by atoms with E-state index < -0.39 is 34.6 Å². The van der Waals surface area contributed by atoms with Gasteiger partial charge in [0.05, 0.1) is 28.5 Å². The Balaban J connectivity index is 1.73. The van der Waals surface area contributed by atoms with Gasteiger partial charge in [-0.15, -0.1) is 0 Å². The van der Waals surface area contributed by atoms with Gasteiger partial charge in [-0.1, -0.05) is 18.2 Å². The number of alkyl halides is 3. The first-order valence-corrected chi connectivity index (χ1v) is 10.4. The first kappa shape index (κ1) is 22.6. The third-order valence-corrected chi connectivity index (χ3v) is 6.12. The number of para-hydroxylation sites is 1. The first-order chi connectivity index (χ1) is 16.5. The van der Waals surface area contributed by atoms with Crippen LogP contribution in [-0.2, 0) is 12.6 Å². The van der Waals surface area contributed by atoms with Gasteiger partial charge in [0.25, 0.3) is 5.91 Å². The average Bonchev–Trinajstić information content (AvgIpc) is 3.39. The Morgan fingerprint density at radius 2 is 1.77 bits per heavy atom. The molecule has 2 aromatic heterocycles. The van der Waals surface area contributed by atoms with E-state index in [9.17, 15) is 27.5 Å².